The fourth-order valence-corrected chi connectivity index (χ4v) is 12.9. The van der Waals surface area contributed by atoms with Crippen LogP contribution in [0.15, 0.2) is 115 Å². The molecule has 0 unspecified atom stereocenters. The predicted octanol–water partition coefficient (Wildman–Crippen LogP) is 13.6. The Kier molecular flexibility index (Phi) is 21.1. The number of hydrogen-bond acceptors (Lipinski definition) is 15. The second kappa shape index (κ2) is 29.2. The first-order valence-electron chi connectivity index (χ1n) is 32.6. The van der Waals surface area contributed by atoms with Gasteiger partial charge in [0.2, 0.25) is 16.7 Å². The van der Waals surface area contributed by atoms with E-state index in [0.29, 0.717) is 142 Å². The zero-order chi connectivity index (χ0) is 78.8. The minimum Gasteiger partial charge on any atom is -0.489 e. The van der Waals surface area contributed by atoms with Crippen LogP contribution in [-0.2, 0) is 45.0 Å². The highest BCUT2D eigenvalue weighted by molar-refractivity contribution is 5.94. The third kappa shape index (κ3) is 16.4. The summed E-state index contributed by atoms with van der Waals surface area (Å²) in [6.45, 7) is 8.06. The van der Waals surface area contributed by atoms with Crippen molar-refractivity contribution in [2.24, 2.45) is 14.1 Å². The van der Waals surface area contributed by atoms with Crippen molar-refractivity contribution in [3.05, 3.63) is 171 Å². The van der Waals surface area contributed by atoms with Gasteiger partial charge in [-0.3, -0.25) is 24.0 Å². The van der Waals surface area contributed by atoms with Gasteiger partial charge in [0.25, 0.3) is 11.1 Å². The summed E-state index contributed by atoms with van der Waals surface area (Å²) in [6, 6.07) is 16.6. The third-order valence-electron chi connectivity index (χ3n) is 18.2. The molecule has 0 saturated carbocycles. The van der Waals surface area contributed by atoms with Gasteiger partial charge >= 0.3 is 37.1 Å². The van der Waals surface area contributed by atoms with E-state index < -0.39 is 105 Å². The Morgan fingerprint density at radius 3 is 0.907 bits per heavy atom. The molecule has 10 aromatic rings. The molecule has 10 heterocycles. The van der Waals surface area contributed by atoms with E-state index >= 15 is 0 Å². The number of likely N-dealkylation sites (N-methyl/N-ethyl adjacent to an activating group) is 4. The van der Waals surface area contributed by atoms with Gasteiger partial charge < -0.3 is 72.3 Å². The Balaban J connectivity index is 0.000000134. The number of hydrogen-bond donors (Lipinski definition) is 3. The van der Waals surface area contributed by atoms with Crippen molar-refractivity contribution in [1.29, 1.82) is 0 Å². The van der Waals surface area contributed by atoms with E-state index in [9.17, 15) is 103 Å². The first kappa shape index (κ1) is 78.0. The number of aryl methyl sites for hydroxylation is 2. The predicted molar refractivity (Wildman–Crippen MR) is 365 cm³/mol. The standard InChI is InChI=1S/C15H15F3N2O2.C14H10F6N2O2.2C14H13F3N2O2.C13H11F3N2O2/c1-3-20-4-5-22-13-8-11-9(6-12(13)20)10(15(16,17)18)7-14(21)19(11)2;15-13(16,17)6-22-1-2-24-11-5-9-7(3-10(11)22)8(14(18,19)20)4-12(23)21-9;1-18-3-4-21-12-7-10-8(5-11(12)18)9(14(15,16)17)6-13(20)19(10)2;1-2-19-3-4-21-12-7-10-8(5-11(12)19)9(14(15,16)17)6-13(20)18-10;1-18-2-3-20-11-6-9-7(4-10(11)18)8(13(14,15)16)5-12(19)17-9/h6-8H,3-5H2,1-2H3;3-5H,1-2,6H2,(H,21,23);5-7H,3-4H2,1-2H3;5-7H,2-4H2,1H3,(H,18,20);4-6H,2-3H2,1H3,(H,17,19). The van der Waals surface area contributed by atoms with Gasteiger partial charge in [-0.05, 0) is 44.2 Å². The van der Waals surface area contributed by atoms with Crippen molar-refractivity contribution in [1.82, 2.24) is 24.1 Å². The Morgan fingerprint density at radius 2 is 0.583 bits per heavy atom. The highest BCUT2D eigenvalue weighted by atomic mass is 19.4. The molecule has 5 aliphatic heterocycles. The quantitative estimate of drug-likeness (QED) is 0.141. The number of nitrogens with zero attached hydrogens (tertiary/aromatic N) is 7. The number of aromatic amines is 3. The lowest BCUT2D eigenvalue weighted by Gasteiger charge is -2.32. The molecule has 5 aromatic heterocycles. The van der Waals surface area contributed by atoms with Crippen LogP contribution in [0, 0.1) is 0 Å². The monoisotopic (exact) mass is 1540 g/mol. The smallest absolute Gasteiger partial charge is 0.417 e. The van der Waals surface area contributed by atoms with Crippen LogP contribution >= 0.6 is 0 Å². The van der Waals surface area contributed by atoms with E-state index in [1.165, 1.54) is 71.8 Å². The molecular formula is C70H62F18N10O10. The number of anilines is 5. The van der Waals surface area contributed by atoms with Gasteiger partial charge in [-0.25, -0.2) is 0 Å². The lowest BCUT2D eigenvalue weighted by atomic mass is 10.1. The molecule has 38 heteroatoms. The topological polar surface area (TPSA) is 205 Å². The van der Waals surface area contributed by atoms with Crippen molar-refractivity contribution in [3.63, 3.8) is 0 Å². The summed E-state index contributed by atoms with van der Waals surface area (Å²) in [6.07, 6.45) is -27.6. The number of alkyl halides is 18. The van der Waals surface area contributed by atoms with Crippen molar-refractivity contribution in [2.45, 2.75) is 50.9 Å². The maximum absolute atomic E-state index is 13.2. The van der Waals surface area contributed by atoms with Crippen LogP contribution in [0.1, 0.15) is 41.7 Å². The van der Waals surface area contributed by atoms with Gasteiger partial charge in [0, 0.05) is 129 Å². The van der Waals surface area contributed by atoms with Crippen LogP contribution in [0.4, 0.5) is 107 Å². The number of fused-ring (bicyclic) bond motifs is 10. The summed E-state index contributed by atoms with van der Waals surface area (Å²) >= 11 is 0. The lowest BCUT2D eigenvalue weighted by Crippen LogP contribution is -2.39. The zero-order valence-electron chi connectivity index (χ0n) is 57.4. The van der Waals surface area contributed by atoms with Gasteiger partial charge in [-0.15, -0.1) is 0 Å². The average molecular weight is 1550 g/mol. The molecule has 0 atom stereocenters. The normalized spacial score (nSPS) is 15.1. The molecule has 0 saturated heterocycles. The maximum atomic E-state index is 13.2. The summed E-state index contributed by atoms with van der Waals surface area (Å²) in [5.74, 6) is 1.96. The van der Waals surface area contributed by atoms with Crippen LogP contribution in [0.3, 0.4) is 0 Å². The van der Waals surface area contributed by atoms with E-state index in [0.717, 1.165) is 17.0 Å². The SMILES string of the molecule is CCN1CCOc2cc3[nH]c(=O)cc(C(F)(F)F)c3cc21.CCN1CCOc2cc3c(cc21)c(C(F)(F)F)cc(=O)n3C.CN1CCOc2cc3[nH]c(=O)cc(C(F)(F)F)c3cc21.CN1CCOc2cc3c(cc21)c(C(F)(F)F)cc(=O)n3C.O=c1cc(C(F)(F)F)c2cc3c(cc2[nH]1)OCCN3CC(F)(F)F. The van der Waals surface area contributed by atoms with Crippen molar-refractivity contribution < 1.29 is 103 Å². The summed E-state index contributed by atoms with van der Waals surface area (Å²) in [5, 5.41) is -0.436. The summed E-state index contributed by atoms with van der Waals surface area (Å²) in [7, 11) is 6.48. The molecule has 108 heavy (non-hydrogen) atoms. The average Bonchev–Trinajstić information content (AvgIpc) is 0.887. The molecule has 578 valence electrons. The molecule has 0 amide bonds. The van der Waals surface area contributed by atoms with Crippen LogP contribution in [-0.4, -0.2) is 130 Å². The van der Waals surface area contributed by atoms with Gasteiger partial charge in [0.1, 0.15) is 68.3 Å². The maximum Gasteiger partial charge on any atom is 0.417 e. The number of aromatic nitrogens is 5. The number of nitrogens with one attached hydrogen (secondary N) is 3. The molecule has 0 radical (unpaired) electrons. The highest BCUT2D eigenvalue weighted by Crippen LogP contribution is 2.46. The molecule has 0 fully saturated rings. The number of ether oxygens (including phenoxy) is 5. The molecule has 5 aromatic carbocycles. The van der Waals surface area contributed by atoms with Gasteiger partial charge in [0.05, 0.1) is 117 Å². The molecule has 0 aliphatic carbocycles. The third-order valence-corrected chi connectivity index (χ3v) is 18.2. The van der Waals surface area contributed by atoms with Crippen LogP contribution < -0.4 is 76.0 Å². The van der Waals surface area contributed by atoms with Crippen LogP contribution in [0.5, 0.6) is 28.7 Å². The van der Waals surface area contributed by atoms with Crippen LogP contribution in [0.2, 0.25) is 0 Å². The molecule has 20 nitrogen and oxygen atoms in total. The summed E-state index contributed by atoms with van der Waals surface area (Å²) < 4.78 is 265. The number of rotatable bonds is 3. The number of H-pyrrole nitrogens is 3. The Bertz CT molecular complexity index is 5450. The molecule has 15 rings (SSSR count). The fourth-order valence-electron chi connectivity index (χ4n) is 12.9. The van der Waals surface area contributed by atoms with E-state index in [-0.39, 0.29) is 73.7 Å². The van der Waals surface area contributed by atoms with Crippen LogP contribution in [0.25, 0.3) is 54.5 Å². The van der Waals surface area contributed by atoms with Gasteiger partial charge in [0.15, 0.2) is 0 Å². The number of pyridine rings is 5. The molecule has 3 N–H and O–H groups in total. The second-order valence-corrected chi connectivity index (χ2v) is 25.1. The molecule has 0 bridgehead atoms. The van der Waals surface area contributed by atoms with E-state index in [4.69, 9.17) is 23.7 Å². The molecule has 0 spiro atoms. The largest absolute Gasteiger partial charge is 0.489 e. The first-order valence-corrected chi connectivity index (χ1v) is 32.6. The molecular weight excluding hydrogens is 1480 g/mol. The summed E-state index contributed by atoms with van der Waals surface area (Å²) in [5.41, 5.74) is -5.93. The Hall–Kier alpha value is -11.1. The number of halogens is 18. The van der Waals surface area contributed by atoms with Gasteiger partial charge in [-0.2, -0.15) is 79.0 Å². The highest BCUT2D eigenvalue weighted by Gasteiger charge is 2.41. The number of benzene rings is 5. The summed E-state index contributed by atoms with van der Waals surface area (Å²) in [4.78, 5) is 73.3. The van der Waals surface area contributed by atoms with Crippen molar-refractivity contribution >= 4 is 83.0 Å². The van der Waals surface area contributed by atoms with Crippen molar-refractivity contribution in [2.75, 3.05) is 124 Å². The molecule has 5 aliphatic rings. The Morgan fingerprint density at radius 1 is 0.324 bits per heavy atom. The fraction of sp³-hybridized carbons (Fsp3) is 0.357. The van der Waals surface area contributed by atoms with E-state index in [2.05, 4.69) is 15.0 Å². The zero-order valence-corrected chi connectivity index (χ0v) is 57.4. The minimum atomic E-state index is -4.81. The van der Waals surface area contributed by atoms with Crippen molar-refractivity contribution in [3.8, 4) is 28.7 Å². The van der Waals surface area contributed by atoms with E-state index in [1.807, 2.05) is 33.4 Å². The minimum absolute atomic E-state index is 0.000648. The van der Waals surface area contributed by atoms with Gasteiger partial charge in [-0.1, -0.05) is 0 Å². The lowest BCUT2D eigenvalue weighted by molar-refractivity contribution is -0.137. The second-order valence-electron chi connectivity index (χ2n) is 25.1. The first-order chi connectivity index (χ1) is 50.4. The Labute approximate surface area is 596 Å². The van der Waals surface area contributed by atoms with E-state index in [1.54, 1.807) is 14.1 Å².